The van der Waals surface area contributed by atoms with Gasteiger partial charge in [-0.1, -0.05) is 35.5 Å². The molecule has 0 aliphatic heterocycles. The first-order chi connectivity index (χ1) is 6.24. The summed E-state index contributed by atoms with van der Waals surface area (Å²) in [6.45, 7) is 1.39. The summed E-state index contributed by atoms with van der Waals surface area (Å²) in [5.74, 6) is -0.202. The fourth-order valence-corrected chi connectivity index (χ4v) is 1.02. The van der Waals surface area contributed by atoms with E-state index in [1.54, 1.807) is 0 Å². The highest BCUT2D eigenvalue weighted by molar-refractivity contribution is 6.39. The summed E-state index contributed by atoms with van der Waals surface area (Å²) in [6, 6.07) is 9.42. The first-order valence-electron chi connectivity index (χ1n) is 4.00. The zero-order chi connectivity index (χ0) is 9.68. The van der Waals surface area contributed by atoms with Crippen LogP contribution in [0.2, 0.25) is 0 Å². The minimum atomic E-state index is -0.202. The van der Waals surface area contributed by atoms with Crippen molar-refractivity contribution in [1.29, 1.82) is 0 Å². The Morgan fingerprint density at radius 3 is 2.46 bits per heavy atom. The van der Waals surface area contributed by atoms with Crippen molar-refractivity contribution in [2.45, 2.75) is 13.3 Å². The Morgan fingerprint density at radius 1 is 1.38 bits per heavy atom. The summed E-state index contributed by atoms with van der Waals surface area (Å²) in [5, 5.41) is 11.5. The Hall–Kier alpha value is -1.64. The molecule has 0 unspecified atom stereocenters. The van der Waals surface area contributed by atoms with Gasteiger partial charge in [0.25, 0.3) is 0 Å². The molecule has 0 saturated carbocycles. The second kappa shape index (κ2) is 4.40. The lowest BCUT2D eigenvalue weighted by atomic mass is 10.1. The maximum absolute atomic E-state index is 10.9. The number of rotatable bonds is 3. The molecule has 0 aromatic heterocycles. The molecule has 0 heterocycles. The molecule has 1 N–H and O–H groups in total. The van der Waals surface area contributed by atoms with Crippen molar-refractivity contribution in [3.05, 3.63) is 35.9 Å². The van der Waals surface area contributed by atoms with Gasteiger partial charge in [-0.2, -0.15) is 0 Å². The summed E-state index contributed by atoms with van der Waals surface area (Å²) in [5.41, 5.74) is 1.15. The zero-order valence-electron chi connectivity index (χ0n) is 7.40. The van der Waals surface area contributed by atoms with Gasteiger partial charge in [0.15, 0.2) is 5.78 Å². The largest absolute Gasteiger partial charge is 0.411 e. The van der Waals surface area contributed by atoms with Crippen LogP contribution in [0.4, 0.5) is 0 Å². The van der Waals surface area contributed by atoms with Crippen LogP contribution in [0.1, 0.15) is 12.5 Å². The molecule has 68 valence electrons. The van der Waals surface area contributed by atoms with Crippen molar-refractivity contribution in [2.24, 2.45) is 5.16 Å². The molecule has 3 heteroatoms. The van der Waals surface area contributed by atoms with Gasteiger partial charge in [0.1, 0.15) is 5.71 Å². The molecule has 0 atom stereocenters. The van der Waals surface area contributed by atoms with E-state index in [4.69, 9.17) is 5.21 Å². The van der Waals surface area contributed by atoms with E-state index in [1.807, 2.05) is 30.3 Å². The van der Waals surface area contributed by atoms with E-state index in [-0.39, 0.29) is 11.5 Å². The van der Waals surface area contributed by atoms with Gasteiger partial charge in [-0.05, 0) is 5.56 Å². The van der Waals surface area contributed by atoms with Crippen molar-refractivity contribution in [3.8, 4) is 0 Å². The highest BCUT2D eigenvalue weighted by Crippen LogP contribution is 2.01. The van der Waals surface area contributed by atoms with E-state index in [0.717, 1.165) is 5.56 Å². The number of Topliss-reactive ketones (excluding diaryl/α,β-unsaturated/α-hetero) is 1. The van der Waals surface area contributed by atoms with Crippen LogP contribution in [-0.2, 0) is 11.2 Å². The zero-order valence-corrected chi connectivity index (χ0v) is 7.40. The first-order valence-corrected chi connectivity index (χ1v) is 4.00. The van der Waals surface area contributed by atoms with Crippen LogP contribution in [0.5, 0.6) is 0 Å². The van der Waals surface area contributed by atoms with Gasteiger partial charge in [-0.15, -0.1) is 0 Å². The average molecular weight is 177 g/mol. The lowest BCUT2D eigenvalue weighted by molar-refractivity contribution is -0.111. The Morgan fingerprint density at radius 2 is 2.00 bits per heavy atom. The Bertz CT molecular complexity index is 317. The molecule has 0 aliphatic rings. The molecule has 13 heavy (non-hydrogen) atoms. The SMILES string of the molecule is CC(=O)C(Cc1ccccc1)=NO. The number of benzene rings is 1. The topological polar surface area (TPSA) is 49.7 Å². The Labute approximate surface area is 76.7 Å². The van der Waals surface area contributed by atoms with E-state index in [9.17, 15) is 4.79 Å². The number of ketones is 1. The molecular formula is C10H11NO2. The third-order valence-corrected chi connectivity index (χ3v) is 1.74. The number of hydrogen-bond donors (Lipinski definition) is 1. The average Bonchev–Trinajstić information content (AvgIpc) is 2.15. The van der Waals surface area contributed by atoms with Crippen LogP contribution in [0.15, 0.2) is 35.5 Å². The van der Waals surface area contributed by atoms with Crippen LogP contribution in [0, 0.1) is 0 Å². The van der Waals surface area contributed by atoms with Gasteiger partial charge in [-0.3, -0.25) is 4.79 Å². The smallest absolute Gasteiger partial charge is 0.177 e. The molecule has 0 spiro atoms. The Kier molecular flexibility index (Phi) is 3.20. The minimum Gasteiger partial charge on any atom is -0.411 e. The van der Waals surface area contributed by atoms with Gasteiger partial charge >= 0.3 is 0 Å². The monoisotopic (exact) mass is 177 g/mol. The molecule has 1 rings (SSSR count). The highest BCUT2D eigenvalue weighted by Gasteiger charge is 2.06. The van der Waals surface area contributed by atoms with Crippen molar-refractivity contribution in [3.63, 3.8) is 0 Å². The quantitative estimate of drug-likeness (QED) is 0.433. The van der Waals surface area contributed by atoms with Crippen molar-refractivity contribution in [2.75, 3.05) is 0 Å². The number of oxime groups is 1. The molecule has 0 radical (unpaired) electrons. The highest BCUT2D eigenvalue weighted by atomic mass is 16.4. The molecule has 0 saturated heterocycles. The maximum atomic E-state index is 10.9. The van der Waals surface area contributed by atoms with Crippen LogP contribution in [0.3, 0.4) is 0 Å². The van der Waals surface area contributed by atoms with E-state index >= 15 is 0 Å². The summed E-state index contributed by atoms with van der Waals surface area (Å²) in [4.78, 5) is 10.9. The first kappa shape index (κ1) is 9.45. The molecule has 0 fully saturated rings. The fourth-order valence-electron chi connectivity index (χ4n) is 1.02. The van der Waals surface area contributed by atoms with E-state index in [0.29, 0.717) is 6.42 Å². The van der Waals surface area contributed by atoms with Crippen LogP contribution >= 0.6 is 0 Å². The molecule has 1 aromatic rings. The summed E-state index contributed by atoms with van der Waals surface area (Å²) in [6.07, 6.45) is 0.382. The van der Waals surface area contributed by atoms with Crippen molar-refractivity contribution >= 4 is 11.5 Å². The summed E-state index contributed by atoms with van der Waals surface area (Å²) < 4.78 is 0. The third-order valence-electron chi connectivity index (χ3n) is 1.74. The van der Waals surface area contributed by atoms with Gasteiger partial charge in [-0.25, -0.2) is 0 Å². The molecule has 3 nitrogen and oxygen atoms in total. The molecule has 0 bridgehead atoms. The van der Waals surface area contributed by atoms with Crippen LogP contribution < -0.4 is 0 Å². The maximum Gasteiger partial charge on any atom is 0.177 e. The molecule has 1 aromatic carbocycles. The third kappa shape index (κ3) is 2.71. The Balaban J connectivity index is 2.74. The predicted molar refractivity (Wildman–Crippen MR) is 50.0 cm³/mol. The number of hydrogen-bond acceptors (Lipinski definition) is 3. The van der Waals surface area contributed by atoms with Gasteiger partial charge < -0.3 is 5.21 Å². The lowest BCUT2D eigenvalue weighted by Gasteiger charge is -1.99. The van der Waals surface area contributed by atoms with Crippen LogP contribution in [-0.4, -0.2) is 16.7 Å². The number of carbonyl (C=O) groups is 1. The predicted octanol–water partition coefficient (Wildman–Crippen LogP) is 1.65. The van der Waals surface area contributed by atoms with E-state index in [1.165, 1.54) is 6.92 Å². The van der Waals surface area contributed by atoms with Crippen molar-refractivity contribution < 1.29 is 10.0 Å². The number of nitrogens with zero attached hydrogens (tertiary/aromatic N) is 1. The van der Waals surface area contributed by atoms with E-state index < -0.39 is 0 Å². The second-order valence-corrected chi connectivity index (χ2v) is 2.77. The number of carbonyl (C=O) groups excluding carboxylic acids is 1. The van der Waals surface area contributed by atoms with Gasteiger partial charge in [0, 0.05) is 13.3 Å². The van der Waals surface area contributed by atoms with E-state index in [2.05, 4.69) is 5.16 Å². The molecular weight excluding hydrogens is 166 g/mol. The molecule has 0 aliphatic carbocycles. The lowest BCUT2D eigenvalue weighted by Crippen LogP contribution is -2.13. The van der Waals surface area contributed by atoms with Gasteiger partial charge in [0.2, 0.25) is 0 Å². The standard InChI is InChI=1S/C10H11NO2/c1-8(12)10(11-13)7-9-5-3-2-4-6-9/h2-6,13H,7H2,1H3. The van der Waals surface area contributed by atoms with Crippen molar-refractivity contribution in [1.82, 2.24) is 0 Å². The fraction of sp³-hybridized carbons (Fsp3) is 0.200. The normalized spacial score (nSPS) is 11.3. The molecule has 0 amide bonds. The minimum absolute atomic E-state index is 0.186. The van der Waals surface area contributed by atoms with Gasteiger partial charge in [0.05, 0.1) is 0 Å². The summed E-state index contributed by atoms with van der Waals surface area (Å²) in [7, 11) is 0. The summed E-state index contributed by atoms with van der Waals surface area (Å²) >= 11 is 0. The van der Waals surface area contributed by atoms with Crippen LogP contribution in [0.25, 0.3) is 0 Å². The second-order valence-electron chi connectivity index (χ2n) is 2.77.